The molecule has 6 atom stereocenters. The SMILES string of the molecule is C[C@H](O[Si](C)(C)C)[C@@H]1OC(=O)[C@H]2C[C@@H]([C@@]3(C)OCC(C)(C)O3)C=C[C@@H]12. The Morgan fingerprint density at radius 3 is 2.48 bits per heavy atom. The van der Waals surface area contributed by atoms with E-state index in [4.69, 9.17) is 18.6 Å². The molecule has 0 amide bonds. The minimum absolute atomic E-state index is 0.0510. The van der Waals surface area contributed by atoms with Gasteiger partial charge in [0.15, 0.2) is 14.1 Å². The first-order chi connectivity index (χ1) is 11.4. The van der Waals surface area contributed by atoms with Gasteiger partial charge in [-0.15, -0.1) is 0 Å². The van der Waals surface area contributed by atoms with E-state index >= 15 is 0 Å². The second kappa shape index (κ2) is 6.18. The summed E-state index contributed by atoms with van der Waals surface area (Å²) >= 11 is 0. The van der Waals surface area contributed by atoms with Crippen LogP contribution in [-0.2, 0) is 23.4 Å². The number of hydrogen-bond donors (Lipinski definition) is 0. The summed E-state index contributed by atoms with van der Waals surface area (Å²) in [5, 5.41) is 0. The summed E-state index contributed by atoms with van der Waals surface area (Å²) in [5.74, 6) is -0.802. The van der Waals surface area contributed by atoms with Crippen LogP contribution in [0.15, 0.2) is 12.2 Å². The Hall–Kier alpha value is -0.693. The van der Waals surface area contributed by atoms with Crippen molar-refractivity contribution in [2.24, 2.45) is 17.8 Å². The number of rotatable bonds is 4. The Labute approximate surface area is 152 Å². The Kier molecular flexibility index (Phi) is 4.72. The number of cyclic esters (lactones) is 1. The molecule has 3 aliphatic rings. The van der Waals surface area contributed by atoms with Crippen LogP contribution in [0, 0.1) is 17.8 Å². The maximum Gasteiger partial charge on any atom is 0.310 e. The fourth-order valence-electron chi connectivity index (χ4n) is 4.33. The first-order valence-corrected chi connectivity index (χ1v) is 12.7. The van der Waals surface area contributed by atoms with Gasteiger partial charge in [-0.25, -0.2) is 0 Å². The molecule has 0 aromatic rings. The topological polar surface area (TPSA) is 54.0 Å². The maximum atomic E-state index is 12.5. The quantitative estimate of drug-likeness (QED) is 0.432. The van der Waals surface area contributed by atoms with Gasteiger partial charge in [0.25, 0.3) is 0 Å². The van der Waals surface area contributed by atoms with Crippen LogP contribution >= 0.6 is 0 Å². The molecule has 0 aromatic heterocycles. The average Bonchev–Trinajstić information content (AvgIpc) is 2.95. The third kappa shape index (κ3) is 3.87. The molecular formula is C19H32O5Si. The predicted octanol–water partition coefficient (Wildman–Crippen LogP) is 3.50. The normalized spacial score (nSPS) is 41.5. The second-order valence-electron chi connectivity index (χ2n) is 9.41. The lowest BCUT2D eigenvalue weighted by molar-refractivity contribution is -0.197. The molecule has 0 saturated carbocycles. The van der Waals surface area contributed by atoms with E-state index < -0.39 is 14.1 Å². The molecule has 0 radical (unpaired) electrons. The minimum Gasteiger partial charge on any atom is -0.459 e. The van der Waals surface area contributed by atoms with Crippen molar-refractivity contribution in [3.8, 4) is 0 Å². The molecule has 2 aliphatic heterocycles. The number of carbonyl (C=O) groups is 1. The molecule has 0 aromatic carbocycles. The van der Waals surface area contributed by atoms with E-state index in [0.29, 0.717) is 13.0 Å². The maximum absolute atomic E-state index is 12.5. The Morgan fingerprint density at radius 1 is 1.24 bits per heavy atom. The van der Waals surface area contributed by atoms with Gasteiger partial charge in [0, 0.05) is 11.8 Å². The highest BCUT2D eigenvalue weighted by Crippen LogP contribution is 2.46. The van der Waals surface area contributed by atoms with Crippen molar-refractivity contribution in [2.75, 3.05) is 6.61 Å². The molecule has 2 heterocycles. The number of hydrogen-bond acceptors (Lipinski definition) is 5. The number of esters is 1. The van der Waals surface area contributed by atoms with Gasteiger partial charge in [-0.3, -0.25) is 4.79 Å². The summed E-state index contributed by atoms with van der Waals surface area (Å²) in [4.78, 5) is 12.5. The van der Waals surface area contributed by atoms with Crippen LogP contribution in [0.1, 0.15) is 34.1 Å². The third-order valence-corrected chi connectivity index (χ3v) is 6.41. The van der Waals surface area contributed by atoms with Crippen molar-refractivity contribution in [3.05, 3.63) is 12.2 Å². The zero-order chi connectivity index (χ0) is 18.6. The van der Waals surface area contributed by atoms with Crippen LogP contribution in [0.2, 0.25) is 19.6 Å². The van der Waals surface area contributed by atoms with Crippen LogP contribution < -0.4 is 0 Å². The Balaban J connectivity index is 1.74. The molecule has 0 N–H and O–H groups in total. The first-order valence-electron chi connectivity index (χ1n) is 9.31. The number of ether oxygens (including phenoxy) is 3. The minimum atomic E-state index is -1.68. The summed E-state index contributed by atoms with van der Waals surface area (Å²) < 4.78 is 24.0. The van der Waals surface area contributed by atoms with Crippen LogP contribution in [-0.4, -0.2) is 44.5 Å². The molecule has 6 heteroatoms. The van der Waals surface area contributed by atoms with Crippen molar-refractivity contribution in [1.82, 2.24) is 0 Å². The molecule has 3 rings (SSSR count). The van der Waals surface area contributed by atoms with E-state index in [9.17, 15) is 4.79 Å². The highest BCUT2D eigenvalue weighted by Gasteiger charge is 2.54. The van der Waals surface area contributed by atoms with Gasteiger partial charge < -0.3 is 18.6 Å². The lowest BCUT2D eigenvalue weighted by Gasteiger charge is -2.37. The summed E-state index contributed by atoms with van der Waals surface area (Å²) in [7, 11) is -1.68. The van der Waals surface area contributed by atoms with Gasteiger partial charge in [0.1, 0.15) is 6.10 Å². The van der Waals surface area contributed by atoms with Gasteiger partial charge in [-0.2, -0.15) is 0 Å². The summed E-state index contributed by atoms with van der Waals surface area (Å²) in [5.41, 5.74) is -0.294. The van der Waals surface area contributed by atoms with E-state index in [1.165, 1.54) is 0 Å². The van der Waals surface area contributed by atoms with E-state index in [-0.39, 0.29) is 41.5 Å². The largest absolute Gasteiger partial charge is 0.459 e. The fourth-order valence-corrected chi connectivity index (χ4v) is 5.58. The summed E-state index contributed by atoms with van der Waals surface area (Å²) in [6.07, 6.45) is 4.69. The van der Waals surface area contributed by atoms with Gasteiger partial charge >= 0.3 is 5.97 Å². The van der Waals surface area contributed by atoms with Gasteiger partial charge in [-0.1, -0.05) is 12.2 Å². The van der Waals surface area contributed by atoms with E-state index in [2.05, 4.69) is 31.8 Å². The standard InChI is InChI=1S/C19H32O5Si/c1-12(23-25(5,6)7)16-14-9-8-13(10-15(14)17(20)22-16)19(4)21-11-18(2,3)24-19/h8-9,12-16H,10-11H2,1-7H3/t12-,13-,14+,15-,16-,19-/m0/s1. The molecule has 2 fully saturated rings. The average molecular weight is 369 g/mol. The van der Waals surface area contributed by atoms with Crippen molar-refractivity contribution in [2.45, 2.75) is 77.4 Å². The lowest BCUT2D eigenvalue weighted by atomic mass is 9.75. The molecule has 2 saturated heterocycles. The van der Waals surface area contributed by atoms with Crippen LogP contribution in [0.5, 0.6) is 0 Å². The van der Waals surface area contributed by atoms with Crippen LogP contribution in [0.3, 0.4) is 0 Å². The number of carbonyl (C=O) groups excluding carboxylic acids is 1. The van der Waals surface area contributed by atoms with Gasteiger partial charge in [-0.05, 0) is 53.8 Å². The molecule has 142 valence electrons. The molecule has 1 aliphatic carbocycles. The third-order valence-electron chi connectivity index (χ3n) is 5.33. The fraction of sp³-hybridized carbons (Fsp3) is 0.842. The Morgan fingerprint density at radius 2 is 1.92 bits per heavy atom. The van der Waals surface area contributed by atoms with E-state index in [1.54, 1.807) is 0 Å². The number of fused-ring (bicyclic) bond motifs is 1. The molecule has 0 bridgehead atoms. The van der Waals surface area contributed by atoms with Crippen molar-refractivity contribution >= 4 is 14.3 Å². The zero-order valence-electron chi connectivity index (χ0n) is 16.5. The zero-order valence-corrected chi connectivity index (χ0v) is 17.5. The first kappa shape index (κ1) is 19.1. The smallest absolute Gasteiger partial charge is 0.310 e. The molecule has 25 heavy (non-hydrogen) atoms. The van der Waals surface area contributed by atoms with Crippen molar-refractivity contribution in [1.29, 1.82) is 0 Å². The highest BCUT2D eigenvalue weighted by atomic mass is 28.4. The molecule has 0 spiro atoms. The van der Waals surface area contributed by atoms with Crippen molar-refractivity contribution in [3.63, 3.8) is 0 Å². The van der Waals surface area contributed by atoms with E-state index in [1.807, 2.05) is 27.7 Å². The van der Waals surface area contributed by atoms with Gasteiger partial charge in [0.2, 0.25) is 0 Å². The van der Waals surface area contributed by atoms with E-state index in [0.717, 1.165) is 0 Å². The highest BCUT2D eigenvalue weighted by molar-refractivity contribution is 6.69. The molecule has 0 unspecified atom stereocenters. The lowest BCUT2D eigenvalue weighted by Crippen LogP contribution is -2.43. The molecular weight excluding hydrogens is 336 g/mol. The summed E-state index contributed by atoms with van der Waals surface area (Å²) in [6.45, 7) is 15.1. The van der Waals surface area contributed by atoms with Crippen LogP contribution in [0.4, 0.5) is 0 Å². The predicted molar refractivity (Wildman–Crippen MR) is 97.5 cm³/mol. The van der Waals surface area contributed by atoms with Crippen LogP contribution in [0.25, 0.3) is 0 Å². The Bertz CT molecular complexity index is 567. The summed E-state index contributed by atoms with van der Waals surface area (Å²) in [6, 6.07) is 0. The van der Waals surface area contributed by atoms with Crippen molar-refractivity contribution < 1.29 is 23.4 Å². The molecule has 5 nitrogen and oxygen atoms in total. The second-order valence-corrected chi connectivity index (χ2v) is 13.9. The monoisotopic (exact) mass is 368 g/mol. The van der Waals surface area contributed by atoms with Gasteiger partial charge in [0.05, 0.1) is 24.2 Å².